The maximum Gasteiger partial charge on any atom is 0.407 e. The number of amides is 1. The number of benzene rings is 1. The van der Waals surface area contributed by atoms with Gasteiger partial charge in [0.25, 0.3) is 0 Å². The van der Waals surface area contributed by atoms with Crippen molar-refractivity contribution in [2.45, 2.75) is 12.6 Å². The average Bonchev–Trinajstić information content (AvgIpc) is 3.42. The lowest BCUT2D eigenvalue weighted by atomic mass is 9.93. The number of aromatic amines is 1. The van der Waals surface area contributed by atoms with Crippen LogP contribution in [0.2, 0.25) is 0 Å². The first-order chi connectivity index (χ1) is 15.1. The first-order valence-electron chi connectivity index (χ1n) is 9.90. The number of likely N-dealkylation sites (tertiary alicyclic amines) is 1. The maximum atomic E-state index is 11.3. The number of nitrogens with one attached hydrogen (secondary N) is 2. The molecule has 0 spiro atoms. The van der Waals surface area contributed by atoms with Crippen LogP contribution in [0.4, 0.5) is 16.7 Å². The number of fused-ring (bicyclic) bond motifs is 3. The second-order valence-electron chi connectivity index (χ2n) is 7.80. The fourth-order valence-electron chi connectivity index (χ4n) is 4.37. The summed E-state index contributed by atoms with van der Waals surface area (Å²) in [4.78, 5) is 32.1. The molecule has 2 atom stereocenters. The summed E-state index contributed by atoms with van der Waals surface area (Å²) in [5, 5.41) is 17.0. The Bertz CT molecular complexity index is 1290. The van der Waals surface area contributed by atoms with Gasteiger partial charge >= 0.3 is 6.09 Å². The summed E-state index contributed by atoms with van der Waals surface area (Å²) in [5.74, 6) is 2.20. The molecule has 5 heterocycles. The Morgan fingerprint density at radius 1 is 1.23 bits per heavy atom. The number of para-hydroxylation sites is 2. The van der Waals surface area contributed by atoms with Crippen LogP contribution in [0.15, 0.2) is 34.9 Å². The van der Waals surface area contributed by atoms with Crippen molar-refractivity contribution in [2.75, 3.05) is 29.9 Å². The van der Waals surface area contributed by atoms with E-state index in [1.807, 2.05) is 29.2 Å². The van der Waals surface area contributed by atoms with E-state index in [-0.39, 0.29) is 6.04 Å². The van der Waals surface area contributed by atoms with Gasteiger partial charge in [-0.05, 0) is 28.1 Å². The zero-order valence-electron chi connectivity index (χ0n) is 16.2. The van der Waals surface area contributed by atoms with Crippen molar-refractivity contribution in [3.63, 3.8) is 0 Å². The lowest BCUT2D eigenvalue weighted by Crippen LogP contribution is -2.57. The third kappa shape index (κ3) is 2.97. The number of nitrogens with zero attached hydrogens (tertiary/aromatic N) is 7. The van der Waals surface area contributed by atoms with Gasteiger partial charge in [-0.15, -0.1) is 0 Å². The minimum atomic E-state index is -0.869. The number of halogens is 1. The molecule has 0 radical (unpaired) electrons. The van der Waals surface area contributed by atoms with Crippen molar-refractivity contribution in [1.29, 1.82) is 0 Å². The van der Waals surface area contributed by atoms with Gasteiger partial charge in [0.2, 0.25) is 11.9 Å². The van der Waals surface area contributed by atoms with E-state index in [2.05, 4.69) is 41.3 Å². The smallest absolute Gasteiger partial charge is 0.407 e. The fraction of sp³-hybridized carbons (Fsp3) is 0.316. The summed E-state index contributed by atoms with van der Waals surface area (Å²) in [5.41, 5.74) is 2.53. The molecule has 0 bridgehead atoms. The number of imidazole rings is 1. The maximum absolute atomic E-state index is 11.3. The Hall–Kier alpha value is -3.41. The predicted octanol–water partition coefficient (Wildman–Crippen LogP) is 2.17. The topological polar surface area (TPSA) is 128 Å². The third-order valence-electron chi connectivity index (χ3n) is 5.93. The summed E-state index contributed by atoms with van der Waals surface area (Å²) in [7, 11) is 0. The monoisotopic (exact) mass is 483 g/mol. The molecule has 4 aromatic rings. The van der Waals surface area contributed by atoms with Gasteiger partial charge in [0.1, 0.15) is 5.82 Å². The van der Waals surface area contributed by atoms with E-state index in [9.17, 15) is 9.90 Å². The molecule has 3 aromatic heterocycles. The van der Waals surface area contributed by atoms with Crippen LogP contribution in [0.3, 0.4) is 0 Å². The van der Waals surface area contributed by atoms with Crippen LogP contribution in [-0.4, -0.2) is 71.3 Å². The number of H-pyrrole nitrogens is 1. The van der Waals surface area contributed by atoms with E-state index in [4.69, 9.17) is 4.98 Å². The number of aromatic nitrogens is 6. The lowest BCUT2D eigenvalue weighted by molar-refractivity contribution is 0.0507. The molecule has 2 aliphatic rings. The molecule has 31 heavy (non-hydrogen) atoms. The SMILES string of the molecule is O=C(O)N1C[C@@H]2CN(c3nc(NCc4nc5ccccc5[nH]4)n4ncc(Br)c4n3)C[C@@H]21. The molecule has 2 aliphatic heterocycles. The van der Waals surface area contributed by atoms with E-state index in [1.54, 1.807) is 10.7 Å². The molecular formula is C19H18BrN9O2. The van der Waals surface area contributed by atoms with Crippen LogP contribution in [0, 0.1) is 5.92 Å². The van der Waals surface area contributed by atoms with Crippen LogP contribution < -0.4 is 10.2 Å². The normalized spacial score (nSPS) is 20.3. The largest absolute Gasteiger partial charge is 0.465 e. The summed E-state index contributed by atoms with van der Waals surface area (Å²) in [6, 6.07) is 7.87. The van der Waals surface area contributed by atoms with Gasteiger partial charge < -0.3 is 25.2 Å². The molecule has 3 N–H and O–H groups in total. The number of carboxylic acid groups (broad SMARTS) is 1. The van der Waals surface area contributed by atoms with Gasteiger partial charge in [0, 0.05) is 25.6 Å². The highest BCUT2D eigenvalue weighted by atomic mass is 79.9. The lowest BCUT2D eigenvalue weighted by Gasteiger charge is -2.40. The van der Waals surface area contributed by atoms with Gasteiger partial charge in [-0.1, -0.05) is 12.1 Å². The first-order valence-corrected chi connectivity index (χ1v) is 10.7. The Morgan fingerprint density at radius 3 is 2.94 bits per heavy atom. The summed E-state index contributed by atoms with van der Waals surface area (Å²) in [6.07, 6.45) is 0.811. The molecule has 158 valence electrons. The van der Waals surface area contributed by atoms with Crippen LogP contribution >= 0.6 is 15.9 Å². The quantitative estimate of drug-likeness (QED) is 0.402. The molecule has 11 nitrogen and oxygen atoms in total. The third-order valence-corrected chi connectivity index (χ3v) is 6.49. The van der Waals surface area contributed by atoms with Crippen molar-refractivity contribution in [3.8, 4) is 0 Å². The average molecular weight is 484 g/mol. The molecule has 2 saturated heterocycles. The highest BCUT2D eigenvalue weighted by Gasteiger charge is 2.48. The van der Waals surface area contributed by atoms with Crippen molar-refractivity contribution >= 4 is 50.6 Å². The van der Waals surface area contributed by atoms with Crippen LogP contribution in [0.5, 0.6) is 0 Å². The van der Waals surface area contributed by atoms with Crippen molar-refractivity contribution in [2.24, 2.45) is 5.92 Å². The molecule has 0 saturated carbocycles. The molecule has 12 heteroatoms. The second-order valence-corrected chi connectivity index (χ2v) is 8.65. The molecule has 1 amide bonds. The standard InChI is InChI=1S/C19H18BrN9O2/c20-11-5-22-29-16(11)25-18(27-7-10-8-28(19(30)31)14(10)9-27)26-17(29)21-6-15-23-12-3-1-2-4-13(12)24-15/h1-5,10,14H,6-9H2,(H,23,24)(H,30,31)(H,21,25,26)/t10-,14-/m0/s1. The fourth-order valence-corrected chi connectivity index (χ4v) is 4.72. The summed E-state index contributed by atoms with van der Waals surface area (Å²) < 4.78 is 2.40. The van der Waals surface area contributed by atoms with Gasteiger partial charge in [-0.2, -0.15) is 19.6 Å². The minimum absolute atomic E-state index is 0.00219. The van der Waals surface area contributed by atoms with Crippen LogP contribution in [-0.2, 0) is 6.54 Å². The van der Waals surface area contributed by atoms with Gasteiger partial charge in [-0.3, -0.25) is 0 Å². The van der Waals surface area contributed by atoms with Crippen LogP contribution in [0.25, 0.3) is 16.7 Å². The zero-order valence-corrected chi connectivity index (χ0v) is 17.8. The van der Waals surface area contributed by atoms with Gasteiger partial charge in [-0.25, -0.2) is 9.78 Å². The number of rotatable bonds is 4. The second kappa shape index (κ2) is 6.80. The Kier molecular flexibility index (Phi) is 4.03. The first kappa shape index (κ1) is 18.4. The number of hydrogen-bond donors (Lipinski definition) is 3. The molecule has 0 unspecified atom stereocenters. The number of carbonyl (C=O) groups is 1. The molecule has 1 aromatic carbocycles. The molecule has 6 rings (SSSR count). The zero-order chi connectivity index (χ0) is 21.1. The Morgan fingerprint density at radius 2 is 2.10 bits per heavy atom. The molecule has 0 aliphatic carbocycles. The van der Waals surface area contributed by atoms with E-state index >= 15 is 0 Å². The molecular weight excluding hydrogens is 466 g/mol. The van der Waals surface area contributed by atoms with E-state index < -0.39 is 6.09 Å². The van der Waals surface area contributed by atoms with E-state index in [1.165, 1.54) is 4.90 Å². The Balaban J connectivity index is 1.29. The summed E-state index contributed by atoms with van der Waals surface area (Å²) in [6.45, 7) is 2.32. The van der Waals surface area contributed by atoms with Gasteiger partial charge in [0.05, 0.1) is 34.3 Å². The van der Waals surface area contributed by atoms with Crippen molar-refractivity contribution in [3.05, 3.63) is 40.8 Å². The minimum Gasteiger partial charge on any atom is -0.465 e. The Labute approximate surface area is 184 Å². The highest BCUT2D eigenvalue weighted by Crippen LogP contribution is 2.34. The van der Waals surface area contributed by atoms with Crippen molar-refractivity contribution in [1.82, 2.24) is 34.4 Å². The number of hydrogen-bond acceptors (Lipinski definition) is 7. The van der Waals surface area contributed by atoms with Crippen LogP contribution in [0.1, 0.15) is 5.82 Å². The molecule has 2 fully saturated rings. The van der Waals surface area contributed by atoms with E-state index in [0.717, 1.165) is 27.9 Å². The predicted molar refractivity (Wildman–Crippen MR) is 116 cm³/mol. The summed E-state index contributed by atoms with van der Waals surface area (Å²) >= 11 is 3.50. The number of anilines is 2. The van der Waals surface area contributed by atoms with E-state index in [0.29, 0.717) is 43.1 Å². The highest BCUT2D eigenvalue weighted by molar-refractivity contribution is 9.10. The van der Waals surface area contributed by atoms with Crippen molar-refractivity contribution < 1.29 is 9.90 Å². The van der Waals surface area contributed by atoms with Gasteiger partial charge in [0.15, 0.2) is 5.65 Å².